The molecule has 1 heterocycles. The van der Waals surface area contributed by atoms with Gasteiger partial charge in [-0.3, -0.25) is 0 Å². The van der Waals surface area contributed by atoms with E-state index in [4.69, 9.17) is 15.9 Å². The molecule has 0 radical (unpaired) electrons. The zero-order chi connectivity index (χ0) is 15.4. The van der Waals surface area contributed by atoms with E-state index >= 15 is 0 Å². The topological polar surface area (TPSA) is 74.7 Å². The predicted molar refractivity (Wildman–Crippen MR) is 86.9 cm³/mol. The van der Waals surface area contributed by atoms with Crippen molar-refractivity contribution in [1.82, 2.24) is 4.98 Å². The van der Waals surface area contributed by atoms with Crippen LogP contribution in [0.1, 0.15) is 19.4 Å². The molecule has 0 saturated heterocycles. The Kier molecular flexibility index (Phi) is 4.62. The summed E-state index contributed by atoms with van der Waals surface area (Å²) in [4.78, 5) is 6.92. The third kappa shape index (κ3) is 3.24. The molecule has 21 heavy (non-hydrogen) atoms. The summed E-state index contributed by atoms with van der Waals surface area (Å²) in [6, 6.07) is 10.2. The summed E-state index contributed by atoms with van der Waals surface area (Å²) in [5.41, 5.74) is 7.79. The molecule has 0 bridgehead atoms. The van der Waals surface area contributed by atoms with E-state index in [9.17, 15) is 0 Å². The lowest BCUT2D eigenvalue weighted by Crippen LogP contribution is -2.35. The van der Waals surface area contributed by atoms with Crippen LogP contribution in [0.3, 0.4) is 0 Å². The lowest BCUT2D eigenvalue weighted by Gasteiger charge is -2.26. The number of para-hydroxylation sites is 1. The van der Waals surface area contributed by atoms with Gasteiger partial charge in [0.15, 0.2) is 0 Å². The van der Waals surface area contributed by atoms with Gasteiger partial charge >= 0.3 is 0 Å². The molecule has 2 aromatic rings. The largest absolute Gasteiger partial charge is 0.409 e. The number of nitrogens with zero attached hydrogens (tertiary/aromatic N) is 3. The second-order valence-corrected chi connectivity index (χ2v) is 5.29. The standard InChI is InChI=1S/C16H22N4O/c1-4-20(10-12(3)15(17)19-21)16-11(2)9-13-7-5-6-8-14(13)18-16/h5-9,12,21H,4,10H2,1-3H3,(H2,17,19). The van der Waals surface area contributed by atoms with Gasteiger partial charge in [0.05, 0.1) is 5.52 Å². The molecule has 0 aliphatic heterocycles. The van der Waals surface area contributed by atoms with Crippen LogP contribution < -0.4 is 10.6 Å². The Labute approximate surface area is 125 Å². The number of fused-ring (bicyclic) bond motifs is 1. The number of aryl methyl sites for hydroxylation is 1. The van der Waals surface area contributed by atoms with Gasteiger partial charge in [-0.15, -0.1) is 0 Å². The first-order valence-corrected chi connectivity index (χ1v) is 7.15. The predicted octanol–water partition coefficient (Wildman–Crippen LogP) is 2.75. The van der Waals surface area contributed by atoms with Crippen molar-refractivity contribution in [3.63, 3.8) is 0 Å². The summed E-state index contributed by atoms with van der Waals surface area (Å²) < 4.78 is 0. The number of anilines is 1. The van der Waals surface area contributed by atoms with E-state index in [1.165, 1.54) is 0 Å². The van der Waals surface area contributed by atoms with E-state index in [0.29, 0.717) is 6.54 Å². The zero-order valence-electron chi connectivity index (χ0n) is 12.7. The molecule has 0 aliphatic carbocycles. The summed E-state index contributed by atoms with van der Waals surface area (Å²) in [6.07, 6.45) is 0. The number of nitrogens with two attached hydrogens (primary N) is 1. The highest BCUT2D eigenvalue weighted by atomic mass is 16.4. The molecule has 2 rings (SSSR count). The van der Waals surface area contributed by atoms with Crippen molar-refractivity contribution in [2.75, 3.05) is 18.0 Å². The van der Waals surface area contributed by atoms with Crippen molar-refractivity contribution < 1.29 is 5.21 Å². The third-order valence-electron chi connectivity index (χ3n) is 3.68. The quantitative estimate of drug-likeness (QED) is 0.383. The minimum atomic E-state index is -0.0392. The maximum absolute atomic E-state index is 8.79. The number of hydrogen-bond acceptors (Lipinski definition) is 4. The van der Waals surface area contributed by atoms with E-state index in [-0.39, 0.29) is 11.8 Å². The summed E-state index contributed by atoms with van der Waals surface area (Å²) in [6.45, 7) is 7.56. The summed E-state index contributed by atoms with van der Waals surface area (Å²) in [5, 5.41) is 13.0. The van der Waals surface area contributed by atoms with Crippen LogP contribution in [0, 0.1) is 12.8 Å². The average molecular weight is 286 g/mol. The van der Waals surface area contributed by atoms with Gasteiger partial charge in [0.1, 0.15) is 11.7 Å². The van der Waals surface area contributed by atoms with Crippen LogP contribution in [-0.4, -0.2) is 29.1 Å². The fourth-order valence-corrected chi connectivity index (χ4v) is 2.42. The zero-order valence-corrected chi connectivity index (χ0v) is 12.7. The Bertz CT molecular complexity index is 654. The van der Waals surface area contributed by atoms with Crippen LogP contribution in [-0.2, 0) is 0 Å². The molecule has 1 unspecified atom stereocenters. The van der Waals surface area contributed by atoms with Crippen molar-refractivity contribution in [3.05, 3.63) is 35.9 Å². The van der Waals surface area contributed by atoms with Crippen molar-refractivity contribution in [2.45, 2.75) is 20.8 Å². The van der Waals surface area contributed by atoms with E-state index < -0.39 is 0 Å². The van der Waals surface area contributed by atoms with Gasteiger partial charge in [-0.05, 0) is 31.5 Å². The van der Waals surface area contributed by atoms with E-state index in [1.807, 2.05) is 25.1 Å². The first-order chi connectivity index (χ1) is 10.1. The van der Waals surface area contributed by atoms with Crippen LogP contribution in [0.25, 0.3) is 10.9 Å². The normalized spacial score (nSPS) is 13.4. The molecule has 3 N–H and O–H groups in total. The molecule has 1 aromatic carbocycles. The third-order valence-corrected chi connectivity index (χ3v) is 3.68. The van der Waals surface area contributed by atoms with Gasteiger partial charge in [-0.1, -0.05) is 30.3 Å². The number of amidine groups is 1. The molecule has 0 fully saturated rings. The van der Waals surface area contributed by atoms with Crippen molar-refractivity contribution in [2.24, 2.45) is 16.8 Å². The Balaban J connectivity index is 2.35. The molecule has 0 spiro atoms. The Morgan fingerprint density at radius 1 is 1.43 bits per heavy atom. The molecule has 0 aliphatic rings. The second-order valence-electron chi connectivity index (χ2n) is 5.29. The second kappa shape index (κ2) is 6.43. The highest BCUT2D eigenvalue weighted by Crippen LogP contribution is 2.23. The monoisotopic (exact) mass is 286 g/mol. The number of aromatic nitrogens is 1. The minimum absolute atomic E-state index is 0.0392. The number of benzene rings is 1. The Hall–Kier alpha value is -2.30. The molecular formula is C16H22N4O. The molecule has 112 valence electrons. The fraction of sp³-hybridized carbons (Fsp3) is 0.375. The van der Waals surface area contributed by atoms with Crippen LogP contribution in [0.15, 0.2) is 35.5 Å². The molecule has 1 aromatic heterocycles. The smallest absolute Gasteiger partial charge is 0.143 e. The maximum atomic E-state index is 8.79. The number of pyridine rings is 1. The van der Waals surface area contributed by atoms with Crippen molar-refractivity contribution >= 4 is 22.6 Å². The molecular weight excluding hydrogens is 264 g/mol. The molecule has 1 atom stereocenters. The maximum Gasteiger partial charge on any atom is 0.143 e. The average Bonchev–Trinajstić information content (AvgIpc) is 2.51. The van der Waals surface area contributed by atoms with Gasteiger partial charge in [-0.25, -0.2) is 4.98 Å². The summed E-state index contributed by atoms with van der Waals surface area (Å²) in [7, 11) is 0. The van der Waals surface area contributed by atoms with Crippen LogP contribution >= 0.6 is 0 Å². The van der Waals surface area contributed by atoms with E-state index in [0.717, 1.165) is 28.8 Å². The van der Waals surface area contributed by atoms with Gasteiger partial charge in [0, 0.05) is 24.4 Å². The van der Waals surface area contributed by atoms with Crippen LogP contribution in [0.4, 0.5) is 5.82 Å². The van der Waals surface area contributed by atoms with Crippen molar-refractivity contribution in [3.8, 4) is 0 Å². The molecule has 0 amide bonds. The summed E-state index contributed by atoms with van der Waals surface area (Å²) >= 11 is 0. The highest BCUT2D eigenvalue weighted by Gasteiger charge is 2.16. The number of rotatable bonds is 5. The van der Waals surface area contributed by atoms with Gasteiger partial charge in [0.25, 0.3) is 0 Å². The first kappa shape index (κ1) is 15.1. The molecule has 0 saturated carbocycles. The molecule has 5 nitrogen and oxygen atoms in total. The number of hydrogen-bond donors (Lipinski definition) is 2. The van der Waals surface area contributed by atoms with E-state index in [2.05, 4.69) is 36.0 Å². The fourth-order valence-electron chi connectivity index (χ4n) is 2.42. The Morgan fingerprint density at radius 3 is 2.81 bits per heavy atom. The highest BCUT2D eigenvalue weighted by molar-refractivity contribution is 5.83. The van der Waals surface area contributed by atoms with Crippen LogP contribution in [0.2, 0.25) is 0 Å². The molecule has 5 heteroatoms. The lowest BCUT2D eigenvalue weighted by atomic mass is 10.1. The minimum Gasteiger partial charge on any atom is -0.409 e. The Morgan fingerprint density at radius 2 is 2.14 bits per heavy atom. The van der Waals surface area contributed by atoms with Gasteiger partial charge < -0.3 is 15.8 Å². The van der Waals surface area contributed by atoms with Crippen LogP contribution in [0.5, 0.6) is 0 Å². The first-order valence-electron chi connectivity index (χ1n) is 7.15. The van der Waals surface area contributed by atoms with Gasteiger partial charge in [-0.2, -0.15) is 0 Å². The number of oxime groups is 1. The lowest BCUT2D eigenvalue weighted by molar-refractivity contribution is 0.314. The van der Waals surface area contributed by atoms with Gasteiger partial charge in [0.2, 0.25) is 0 Å². The SMILES string of the molecule is CCN(CC(C)C(N)=NO)c1nc2ccccc2cc1C. The van der Waals surface area contributed by atoms with Crippen molar-refractivity contribution in [1.29, 1.82) is 0 Å². The van der Waals surface area contributed by atoms with E-state index in [1.54, 1.807) is 0 Å². The summed E-state index contributed by atoms with van der Waals surface area (Å²) in [5.74, 6) is 1.16.